The van der Waals surface area contributed by atoms with E-state index in [9.17, 15) is 4.79 Å². The molecule has 0 bridgehead atoms. The van der Waals surface area contributed by atoms with Gasteiger partial charge in [-0.1, -0.05) is 32.6 Å². The molecule has 1 fully saturated rings. The van der Waals surface area contributed by atoms with E-state index in [4.69, 9.17) is 0 Å². The second-order valence-electron chi connectivity index (χ2n) is 5.95. The standard InChI is InChI=1S/C16H26N2O/c1-3-13(2)18-11-10-15(17-18)12-16(19)9-8-14-6-4-5-7-14/h10-11,13-14H,3-9,12H2,1-2H3. The van der Waals surface area contributed by atoms with Crippen molar-refractivity contribution in [2.45, 2.75) is 71.3 Å². The first-order chi connectivity index (χ1) is 9.19. The molecule has 1 aromatic heterocycles. The molecule has 1 aromatic rings. The maximum atomic E-state index is 12.0. The first-order valence-corrected chi connectivity index (χ1v) is 7.74. The zero-order valence-electron chi connectivity index (χ0n) is 12.3. The van der Waals surface area contributed by atoms with Crippen molar-refractivity contribution < 1.29 is 4.79 Å². The van der Waals surface area contributed by atoms with Gasteiger partial charge in [-0.15, -0.1) is 0 Å². The second kappa shape index (κ2) is 6.88. The number of ketones is 1. The fourth-order valence-corrected chi connectivity index (χ4v) is 2.86. The zero-order valence-corrected chi connectivity index (χ0v) is 12.3. The summed E-state index contributed by atoms with van der Waals surface area (Å²) in [6.45, 7) is 4.30. The zero-order chi connectivity index (χ0) is 13.7. The van der Waals surface area contributed by atoms with Crippen molar-refractivity contribution in [1.82, 2.24) is 9.78 Å². The third-order valence-electron chi connectivity index (χ3n) is 4.39. The predicted octanol–water partition coefficient (Wildman–Crippen LogP) is 3.94. The summed E-state index contributed by atoms with van der Waals surface area (Å²) in [7, 11) is 0. The van der Waals surface area contributed by atoms with E-state index in [1.165, 1.54) is 25.7 Å². The molecule has 1 heterocycles. The molecule has 1 aliphatic carbocycles. The minimum atomic E-state index is 0.348. The van der Waals surface area contributed by atoms with Gasteiger partial charge < -0.3 is 0 Å². The lowest BCUT2D eigenvalue weighted by Crippen LogP contribution is -2.08. The molecular formula is C16H26N2O. The molecule has 0 amide bonds. The van der Waals surface area contributed by atoms with Gasteiger partial charge in [0.15, 0.2) is 0 Å². The Labute approximate surface area is 116 Å². The highest BCUT2D eigenvalue weighted by Crippen LogP contribution is 2.28. The van der Waals surface area contributed by atoms with Crippen molar-refractivity contribution in [3.63, 3.8) is 0 Å². The number of aromatic nitrogens is 2. The van der Waals surface area contributed by atoms with Gasteiger partial charge in [0.2, 0.25) is 0 Å². The molecule has 1 aliphatic rings. The van der Waals surface area contributed by atoms with E-state index in [1.807, 2.05) is 16.9 Å². The number of hydrogen-bond donors (Lipinski definition) is 0. The minimum Gasteiger partial charge on any atom is -0.299 e. The van der Waals surface area contributed by atoms with Crippen molar-refractivity contribution in [2.24, 2.45) is 5.92 Å². The Morgan fingerprint density at radius 3 is 2.89 bits per heavy atom. The van der Waals surface area contributed by atoms with Crippen molar-refractivity contribution in [2.75, 3.05) is 0 Å². The molecule has 0 aliphatic heterocycles. The van der Waals surface area contributed by atoms with Crippen molar-refractivity contribution in [3.8, 4) is 0 Å². The van der Waals surface area contributed by atoms with Crippen molar-refractivity contribution in [1.29, 1.82) is 0 Å². The number of carbonyl (C=O) groups excluding carboxylic acids is 1. The van der Waals surface area contributed by atoms with Gasteiger partial charge in [0.25, 0.3) is 0 Å². The van der Waals surface area contributed by atoms with Gasteiger partial charge in [-0.25, -0.2) is 0 Å². The molecule has 0 N–H and O–H groups in total. The molecule has 1 unspecified atom stereocenters. The van der Waals surface area contributed by atoms with Crippen LogP contribution in [0.5, 0.6) is 0 Å². The van der Waals surface area contributed by atoms with Crippen LogP contribution in [0.3, 0.4) is 0 Å². The molecule has 1 atom stereocenters. The second-order valence-corrected chi connectivity index (χ2v) is 5.95. The van der Waals surface area contributed by atoms with Crippen LogP contribution in [0.2, 0.25) is 0 Å². The normalized spacial score (nSPS) is 17.8. The van der Waals surface area contributed by atoms with Crippen LogP contribution in [0.25, 0.3) is 0 Å². The quantitative estimate of drug-likeness (QED) is 0.746. The lowest BCUT2D eigenvalue weighted by molar-refractivity contribution is -0.118. The molecule has 0 saturated heterocycles. The summed E-state index contributed by atoms with van der Waals surface area (Å²) in [5, 5.41) is 4.50. The fraction of sp³-hybridized carbons (Fsp3) is 0.750. The summed E-state index contributed by atoms with van der Waals surface area (Å²) in [5.41, 5.74) is 0.928. The van der Waals surface area contributed by atoms with Crippen LogP contribution in [0.15, 0.2) is 12.3 Å². The van der Waals surface area contributed by atoms with Crippen LogP contribution in [0.4, 0.5) is 0 Å². The van der Waals surface area contributed by atoms with Crippen molar-refractivity contribution in [3.05, 3.63) is 18.0 Å². The van der Waals surface area contributed by atoms with E-state index in [0.29, 0.717) is 18.2 Å². The summed E-state index contributed by atoms with van der Waals surface area (Å²) >= 11 is 0. The molecule has 2 rings (SSSR count). The van der Waals surface area contributed by atoms with Gasteiger partial charge in [0.1, 0.15) is 5.78 Å². The molecule has 0 spiro atoms. The van der Waals surface area contributed by atoms with E-state index in [0.717, 1.165) is 30.9 Å². The Morgan fingerprint density at radius 1 is 1.47 bits per heavy atom. The minimum absolute atomic E-state index is 0.348. The van der Waals surface area contributed by atoms with E-state index >= 15 is 0 Å². The SMILES string of the molecule is CCC(C)n1ccc(CC(=O)CCC2CCCC2)n1. The molecule has 3 heteroatoms. The average Bonchev–Trinajstić information content (AvgIpc) is 3.06. The van der Waals surface area contributed by atoms with Crippen LogP contribution in [0, 0.1) is 5.92 Å². The Hall–Kier alpha value is -1.12. The number of nitrogens with zero attached hydrogens (tertiary/aromatic N) is 2. The summed E-state index contributed by atoms with van der Waals surface area (Å²) in [6.07, 6.45) is 10.8. The van der Waals surface area contributed by atoms with E-state index in [2.05, 4.69) is 18.9 Å². The van der Waals surface area contributed by atoms with Gasteiger partial charge in [-0.3, -0.25) is 9.48 Å². The highest BCUT2D eigenvalue weighted by atomic mass is 16.1. The molecule has 106 valence electrons. The molecule has 19 heavy (non-hydrogen) atoms. The number of carbonyl (C=O) groups is 1. The van der Waals surface area contributed by atoms with Crippen molar-refractivity contribution >= 4 is 5.78 Å². The van der Waals surface area contributed by atoms with Gasteiger partial charge in [0.05, 0.1) is 12.1 Å². The third-order valence-corrected chi connectivity index (χ3v) is 4.39. The van der Waals surface area contributed by atoms with E-state index in [-0.39, 0.29) is 0 Å². The predicted molar refractivity (Wildman–Crippen MR) is 77.1 cm³/mol. The molecular weight excluding hydrogens is 236 g/mol. The molecule has 3 nitrogen and oxygen atoms in total. The van der Waals surface area contributed by atoms with Gasteiger partial charge in [-0.05, 0) is 31.7 Å². The lowest BCUT2D eigenvalue weighted by Gasteiger charge is -2.08. The smallest absolute Gasteiger partial charge is 0.138 e. The third kappa shape index (κ3) is 4.19. The first-order valence-electron chi connectivity index (χ1n) is 7.74. The monoisotopic (exact) mass is 262 g/mol. The Kier molecular flexibility index (Phi) is 5.17. The summed E-state index contributed by atoms with van der Waals surface area (Å²) in [4.78, 5) is 12.0. The highest BCUT2D eigenvalue weighted by molar-refractivity contribution is 5.80. The van der Waals surface area contributed by atoms with E-state index < -0.39 is 0 Å². The van der Waals surface area contributed by atoms with Crippen LogP contribution < -0.4 is 0 Å². The number of rotatable bonds is 7. The topological polar surface area (TPSA) is 34.9 Å². The van der Waals surface area contributed by atoms with Gasteiger partial charge in [0, 0.05) is 18.7 Å². The van der Waals surface area contributed by atoms with E-state index in [1.54, 1.807) is 0 Å². The van der Waals surface area contributed by atoms with Gasteiger partial charge in [-0.2, -0.15) is 5.10 Å². The van der Waals surface area contributed by atoms with Crippen LogP contribution in [0.1, 0.15) is 70.5 Å². The Bertz CT molecular complexity index is 405. The summed E-state index contributed by atoms with van der Waals surface area (Å²) in [5.74, 6) is 1.16. The number of hydrogen-bond acceptors (Lipinski definition) is 2. The van der Waals surface area contributed by atoms with Crippen LogP contribution in [-0.4, -0.2) is 15.6 Å². The highest BCUT2D eigenvalue weighted by Gasteiger charge is 2.16. The average molecular weight is 262 g/mol. The molecule has 0 radical (unpaired) electrons. The maximum absolute atomic E-state index is 12.0. The molecule has 1 saturated carbocycles. The Morgan fingerprint density at radius 2 is 2.21 bits per heavy atom. The summed E-state index contributed by atoms with van der Waals surface area (Å²) in [6, 6.07) is 2.40. The maximum Gasteiger partial charge on any atom is 0.138 e. The lowest BCUT2D eigenvalue weighted by atomic mass is 9.99. The number of Topliss-reactive ketones (excluding diaryl/α,β-unsaturated/α-hetero) is 1. The Balaban J connectivity index is 1.76. The fourth-order valence-electron chi connectivity index (χ4n) is 2.86. The molecule has 0 aromatic carbocycles. The largest absolute Gasteiger partial charge is 0.299 e. The van der Waals surface area contributed by atoms with Crippen LogP contribution >= 0.6 is 0 Å². The first kappa shape index (κ1) is 14.3. The van der Waals surface area contributed by atoms with Gasteiger partial charge >= 0.3 is 0 Å². The summed E-state index contributed by atoms with van der Waals surface area (Å²) < 4.78 is 1.97. The van der Waals surface area contributed by atoms with Crippen LogP contribution in [-0.2, 0) is 11.2 Å².